The smallest absolute Gasteiger partial charge is 0.231 e. The lowest BCUT2D eigenvalue weighted by atomic mass is 10.1. The molecule has 1 aromatic carbocycles. The van der Waals surface area contributed by atoms with Gasteiger partial charge in [-0.25, -0.2) is 13.5 Å². The Hall–Kier alpha value is -2.22. The second kappa shape index (κ2) is 5.19. The number of aromatic nitrogens is 3. The third-order valence-corrected chi connectivity index (χ3v) is 3.52. The number of hydrogen-bond donors (Lipinski definition) is 2. The molecule has 0 bridgehead atoms. The maximum absolute atomic E-state index is 11.6. The molecule has 1 heterocycles. The third kappa shape index (κ3) is 3.62. The van der Waals surface area contributed by atoms with Gasteiger partial charge in [0.2, 0.25) is 11.9 Å². The van der Waals surface area contributed by atoms with E-state index in [1.54, 1.807) is 12.1 Å². The number of amides is 1. The van der Waals surface area contributed by atoms with Crippen molar-refractivity contribution in [2.75, 3.05) is 11.6 Å². The number of H-pyrrole nitrogens is 1. The first-order valence-electron chi connectivity index (χ1n) is 5.39. The number of carbonyl (C=O) groups excluding carboxylic acids is 1. The number of rotatable bonds is 4. The van der Waals surface area contributed by atoms with Crippen LogP contribution in [0.2, 0.25) is 0 Å². The first-order chi connectivity index (χ1) is 8.95. The molecule has 1 aromatic heterocycles. The van der Waals surface area contributed by atoms with Gasteiger partial charge in [-0.1, -0.05) is 12.1 Å². The van der Waals surface area contributed by atoms with Gasteiger partial charge in [0, 0.05) is 6.26 Å². The maximum Gasteiger partial charge on any atom is 0.231 e. The summed E-state index contributed by atoms with van der Waals surface area (Å²) in [5.74, 6) is 0.0154. The van der Waals surface area contributed by atoms with Crippen LogP contribution in [0, 0.1) is 0 Å². The molecule has 1 amide bonds. The van der Waals surface area contributed by atoms with E-state index in [-0.39, 0.29) is 23.2 Å². The Kier molecular flexibility index (Phi) is 3.61. The maximum atomic E-state index is 11.6. The molecule has 0 saturated heterocycles. The Labute approximate surface area is 110 Å². The monoisotopic (exact) mass is 280 g/mol. The minimum absolute atomic E-state index is 0.130. The van der Waals surface area contributed by atoms with Crippen molar-refractivity contribution in [3.63, 3.8) is 0 Å². The van der Waals surface area contributed by atoms with Crippen molar-refractivity contribution in [1.82, 2.24) is 15.2 Å². The Morgan fingerprint density at radius 2 is 2.00 bits per heavy atom. The Morgan fingerprint density at radius 1 is 1.32 bits per heavy atom. The second-order valence-electron chi connectivity index (χ2n) is 3.98. The fourth-order valence-electron chi connectivity index (χ4n) is 1.48. The van der Waals surface area contributed by atoms with Crippen LogP contribution in [0.1, 0.15) is 5.56 Å². The zero-order chi connectivity index (χ0) is 13.9. The largest absolute Gasteiger partial charge is 0.295 e. The molecule has 0 spiro atoms. The minimum Gasteiger partial charge on any atom is -0.295 e. The lowest BCUT2D eigenvalue weighted by molar-refractivity contribution is -0.115. The first kappa shape index (κ1) is 13.2. The lowest BCUT2D eigenvalue weighted by Crippen LogP contribution is -2.15. The highest BCUT2D eigenvalue weighted by Crippen LogP contribution is 2.11. The number of nitrogens with zero attached hydrogens (tertiary/aromatic N) is 2. The van der Waals surface area contributed by atoms with Gasteiger partial charge in [0.05, 0.1) is 11.3 Å². The molecule has 2 aromatic rings. The lowest BCUT2D eigenvalue weighted by Gasteiger charge is -2.03. The quantitative estimate of drug-likeness (QED) is 0.843. The van der Waals surface area contributed by atoms with Crippen molar-refractivity contribution in [3.05, 3.63) is 36.2 Å². The number of aromatic amines is 1. The van der Waals surface area contributed by atoms with E-state index in [1.807, 2.05) is 0 Å². The Balaban J connectivity index is 2.02. The second-order valence-corrected chi connectivity index (χ2v) is 5.99. The highest BCUT2D eigenvalue weighted by molar-refractivity contribution is 7.90. The van der Waals surface area contributed by atoms with Crippen molar-refractivity contribution < 1.29 is 13.2 Å². The number of carbonyl (C=O) groups is 1. The fraction of sp³-hybridized carbons (Fsp3) is 0.182. The highest BCUT2D eigenvalue weighted by Gasteiger charge is 2.09. The zero-order valence-corrected chi connectivity index (χ0v) is 10.9. The Bertz CT molecular complexity index is 662. The van der Waals surface area contributed by atoms with Crippen molar-refractivity contribution in [2.24, 2.45) is 0 Å². The SMILES string of the molecule is CS(=O)(=O)c1ccc(CC(=O)Nc2ncn[nH]2)cc1. The van der Waals surface area contributed by atoms with Crippen LogP contribution in [0.3, 0.4) is 0 Å². The zero-order valence-electron chi connectivity index (χ0n) is 10.1. The molecule has 8 heteroatoms. The van der Waals surface area contributed by atoms with E-state index in [4.69, 9.17) is 0 Å². The number of benzene rings is 1. The first-order valence-corrected chi connectivity index (χ1v) is 7.28. The van der Waals surface area contributed by atoms with Gasteiger partial charge in [-0.15, -0.1) is 0 Å². The van der Waals surface area contributed by atoms with Gasteiger partial charge in [-0.05, 0) is 17.7 Å². The summed E-state index contributed by atoms with van der Waals surface area (Å²) in [6, 6.07) is 6.17. The van der Waals surface area contributed by atoms with E-state index in [9.17, 15) is 13.2 Å². The van der Waals surface area contributed by atoms with E-state index in [1.165, 1.54) is 18.5 Å². The van der Waals surface area contributed by atoms with Crippen LogP contribution in [0.5, 0.6) is 0 Å². The molecule has 0 aliphatic heterocycles. The fourth-order valence-corrected chi connectivity index (χ4v) is 2.11. The molecular weight excluding hydrogens is 268 g/mol. The van der Waals surface area contributed by atoms with Crippen LogP contribution in [-0.2, 0) is 21.1 Å². The molecule has 0 unspecified atom stereocenters. The van der Waals surface area contributed by atoms with Crippen LogP contribution in [-0.4, -0.2) is 35.8 Å². The predicted octanol–water partition coefficient (Wildman–Crippen LogP) is 0.389. The summed E-state index contributed by atoms with van der Waals surface area (Å²) in [5, 5.41) is 8.64. The molecular formula is C11H12N4O3S. The van der Waals surface area contributed by atoms with Crippen molar-refractivity contribution in [3.8, 4) is 0 Å². The van der Waals surface area contributed by atoms with Gasteiger partial charge in [0.25, 0.3) is 0 Å². The van der Waals surface area contributed by atoms with Gasteiger partial charge in [0.15, 0.2) is 9.84 Å². The molecule has 0 fully saturated rings. The number of anilines is 1. The van der Waals surface area contributed by atoms with E-state index >= 15 is 0 Å². The third-order valence-electron chi connectivity index (χ3n) is 2.39. The van der Waals surface area contributed by atoms with E-state index in [2.05, 4.69) is 20.5 Å². The molecule has 7 nitrogen and oxygen atoms in total. The van der Waals surface area contributed by atoms with E-state index in [0.29, 0.717) is 5.56 Å². The highest BCUT2D eigenvalue weighted by atomic mass is 32.2. The molecule has 0 radical (unpaired) electrons. The van der Waals surface area contributed by atoms with Crippen LogP contribution < -0.4 is 5.32 Å². The van der Waals surface area contributed by atoms with Gasteiger partial charge in [0.1, 0.15) is 6.33 Å². The van der Waals surface area contributed by atoms with Crippen LogP contribution in [0.4, 0.5) is 5.95 Å². The predicted molar refractivity (Wildman–Crippen MR) is 68.3 cm³/mol. The number of nitrogens with one attached hydrogen (secondary N) is 2. The van der Waals surface area contributed by atoms with Gasteiger partial charge < -0.3 is 0 Å². The minimum atomic E-state index is -3.21. The normalized spacial score (nSPS) is 11.2. The van der Waals surface area contributed by atoms with Crippen LogP contribution in [0.25, 0.3) is 0 Å². The standard InChI is InChI=1S/C11H12N4O3S/c1-19(17,18)9-4-2-8(3-5-9)6-10(16)14-11-12-7-13-15-11/h2-5,7H,6H2,1H3,(H2,12,13,14,15,16). The summed E-state index contributed by atoms with van der Waals surface area (Å²) in [7, 11) is -3.21. The average molecular weight is 280 g/mol. The summed E-state index contributed by atoms with van der Waals surface area (Å²) in [4.78, 5) is 15.6. The molecule has 100 valence electrons. The topological polar surface area (TPSA) is 105 Å². The summed E-state index contributed by atoms with van der Waals surface area (Å²) in [6.07, 6.45) is 2.56. The molecule has 0 saturated carbocycles. The van der Waals surface area contributed by atoms with E-state index < -0.39 is 9.84 Å². The summed E-state index contributed by atoms with van der Waals surface area (Å²) in [6.45, 7) is 0. The molecule has 0 aliphatic rings. The molecule has 19 heavy (non-hydrogen) atoms. The van der Waals surface area contributed by atoms with Crippen molar-refractivity contribution in [2.45, 2.75) is 11.3 Å². The Morgan fingerprint density at radius 3 is 2.53 bits per heavy atom. The number of sulfone groups is 1. The molecule has 2 rings (SSSR count). The number of hydrogen-bond acceptors (Lipinski definition) is 5. The summed E-state index contributed by atoms with van der Waals surface area (Å²) >= 11 is 0. The van der Waals surface area contributed by atoms with Gasteiger partial charge in [-0.2, -0.15) is 10.1 Å². The van der Waals surface area contributed by atoms with Gasteiger partial charge in [-0.3, -0.25) is 10.1 Å². The van der Waals surface area contributed by atoms with E-state index in [0.717, 1.165) is 6.26 Å². The van der Waals surface area contributed by atoms with Crippen molar-refractivity contribution >= 4 is 21.7 Å². The van der Waals surface area contributed by atoms with Crippen LogP contribution >= 0.6 is 0 Å². The van der Waals surface area contributed by atoms with Crippen LogP contribution in [0.15, 0.2) is 35.5 Å². The summed E-state index contributed by atoms with van der Waals surface area (Å²) in [5.41, 5.74) is 0.712. The van der Waals surface area contributed by atoms with Gasteiger partial charge >= 0.3 is 0 Å². The van der Waals surface area contributed by atoms with Crippen molar-refractivity contribution in [1.29, 1.82) is 0 Å². The molecule has 2 N–H and O–H groups in total. The molecule has 0 atom stereocenters. The average Bonchev–Trinajstić information content (AvgIpc) is 2.81. The molecule has 0 aliphatic carbocycles. The summed E-state index contributed by atoms with van der Waals surface area (Å²) < 4.78 is 22.6.